The lowest BCUT2D eigenvalue weighted by Crippen LogP contribution is -2.33. The molecule has 0 heterocycles. The Kier molecular flexibility index (Phi) is 7.57. The molecule has 0 saturated heterocycles. The number of esters is 1. The molecule has 0 fully saturated rings. The van der Waals surface area contributed by atoms with E-state index in [0.717, 1.165) is 20.8 Å². The van der Waals surface area contributed by atoms with Crippen LogP contribution in [-0.4, -0.2) is 24.2 Å². The van der Waals surface area contributed by atoms with E-state index in [1.807, 2.05) is 61.5 Å². The summed E-state index contributed by atoms with van der Waals surface area (Å²) in [6, 6.07) is 25.6. The van der Waals surface area contributed by atoms with E-state index in [0.29, 0.717) is 22.6 Å². The molecule has 0 saturated carbocycles. The largest absolute Gasteiger partial charge is 0.481 e. The van der Waals surface area contributed by atoms with E-state index in [9.17, 15) is 9.59 Å². The Hall–Kier alpha value is -3.97. The third kappa shape index (κ3) is 6.13. The highest BCUT2D eigenvalue weighted by Crippen LogP contribution is 2.27. The SMILES string of the molecule is Cc1ccc(C(=O)Oc2ccc3ccccc3c2C=NNC(=O)C(C)Oc2ccc(Br)cc2)cc1. The first kappa shape index (κ1) is 24.2. The lowest BCUT2D eigenvalue weighted by molar-refractivity contribution is -0.127. The number of carbonyl (C=O) groups is 2. The van der Waals surface area contributed by atoms with E-state index < -0.39 is 18.0 Å². The van der Waals surface area contributed by atoms with Crippen LogP contribution in [0.25, 0.3) is 10.8 Å². The smallest absolute Gasteiger partial charge is 0.343 e. The molecule has 35 heavy (non-hydrogen) atoms. The second-order valence-electron chi connectivity index (χ2n) is 7.90. The summed E-state index contributed by atoms with van der Waals surface area (Å²) in [6.45, 7) is 3.59. The Morgan fingerprint density at radius 2 is 1.66 bits per heavy atom. The van der Waals surface area contributed by atoms with Gasteiger partial charge < -0.3 is 9.47 Å². The number of nitrogens with zero attached hydrogens (tertiary/aromatic N) is 1. The predicted octanol–water partition coefficient (Wildman–Crippen LogP) is 6.05. The highest BCUT2D eigenvalue weighted by atomic mass is 79.9. The molecule has 4 aromatic rings. The normalized spacial score (nSPS) is 11.9. The van der Waals surface area contributed by atoms with Gasteiger partial charge in [-0.25, -0.2) is 10.2 Å². The molecule has 0 radical (unpaired) electrons. The Bertz CT molecular complexity index is 1380. The highest BCUT2D eigenvalue weighted by Gasteiger charge is 2.16. The fraction of sp³-hybridized carbons (Fsp3) is 0.107. The van der Waals surface area contributed by atoms with Crippen molar-refractivity contribution in [1.29, 1.82) is 0 Å². The van der Waals surface area contributed by atoms with Crippen LogP contribution in [-0.2, 0) is 4.79 Å². The molecule has 1 atom stereocenters. The fourth-order valence-electron chi connectivity index (χ4n) is 3.37. The third-order valence-electron chi connectivity index (χ3n) is 5.28. The Morgan fingerprint density at radius 1 is 0.943 bits per heavy atom. The van der Waals surface area contributed by atoms with Crippen molar-refractivity contribution in [1.82, 2.24) is 5.43 Å². The van der Waals surface area contributed by atoms with Gasteiger partial charge in [-0.3, -0.25) is 4.79 Å². The highest BCUT2D eigenvalue weighted by molar-refractivity contribution is 9.10. The molecule has 4 aromatic carbocycles. The minimum Gasteiger partial charge on any atom is -0.481 e. The molecule has 1 N–H and O–H groups in total. The fourth-order valence-corrected chi connectivity index (χ4v) is 3.63. The summed E-state index contributed by atoms with van der Waals surface area (Å²) in [5.41, 5.74) is 4.57. The summed E-state index contributed by atoms with van der Waals surface area (Å²) in [5.74, 6) is 0.0173. The van der Waals surface area contributed by atoms with Gasteiger partial charge in [-0.1, -0.05) is 64.0 Å². The van der Waals surface area contributed by atoms with Crippen LogP contribution in [0.3, 0.4) is 0 Å². The van der Waals surface area contributed by atoms with Crippen LogP contribution in [0, 0.1) is 6.92 Å². The van der Waals surface area contributed by atoms with Crippen LogP contribution >= 0.6 is 15.9 Å². The van der Waals surface area contributed by atoms with E-state index in [1.54, 1.807) is 37.3 Å². The number of ether oxygens (including phenoxy) is 2. The van der Waals surface area contributed by atoms with Gasteiger partial charge in [0.1, 0.15) is 11.5 Å². The molecule has 0 aliphatic heterocycles. The van der Waals surface area contributed by atoms with Crippen molar-refractivity contribution in [3.05, 3.63) is 106 Å². The first-order valence-corrected chi connectivity index (χ1v) is 11.8. The topological polar surface area (TPSA) is 77.0 Å². The number of aryl methyl sites for hydroxylation is 1. The first-order chi connectivity index (χ1) is 16.9. The summed E-state index contributed by atoms with van der Waals surface area (Å²) in [5, 5.41) is 5.90. The van der Waals surface area contributed by atoms with E-state index in [1.165, 1.54) is 6.21 Å². The van der Waals surface area contributed by atoms with Crippen molar-refractivity contribution < 1.29 is 19.1 Å². The average molecular weight is 531 g/mol. The summed E-state index contributed by atoms with van der Waals surface area (Å²) in [7, 11) is 0. The number of amides is 1. The molecule has 0 aromatic heterocycles. The quantitative estimate of drug-likeness (QED) is 0.136. The number of rotatable bonds is 7. The first-order valence-electron chi connectivity index (χ1n) is 11.0. The molecule has 4 rings (SSSR count). The lowest BCUT2D eigenvalue weighted by atomic mass is 10.0. The molecule has 1 amide bonds. The Balaban J connectivity index is 1.52. The Labute approximate surface area is 211 Å². The van der Waals surface area contributed by atoms with Crippen molar-refractivity contribution in [2.24, 2.45) is 5.10 Å². The van der Waals surface area contributed by atoms with Gasteiger partial charge in [-0.15, -0.1) is 0 Å². The zero-order valence-corrected chi connectivity index (χ0v) is 20.8. The van der Waals surface area contributed by atoms with Crippen LogP contribution < -0.4 is 14.9 Å². The van der Waals surface area contributed by atoms with Gasteiger partial charge in [0, 0.05) is 10.0 Å². The van der Waals surface area contributed by atoms with Gasteiger partial charge in [0.2, 0.25) is 0 Å². The molecule has 7 heteroatoms. The number of hydrogen-bond donors (Lipinski definition) is 1. The summed E-state index contributed by atoms with van der Waals surface area (Å²) in [4.78, 5) is 25.2. The van der Waals surface area contributed by atoms with Crippen molar-refractivity contribution in [3.8, 4) is 11.5 Å². The molecular weight excluding hydrogens is 508 g/mol. The number of benzene rings is 4. The van der Waals surface area contributed by atoms with Crippen LogP contribution in [0.5, 0.6) is 11.5 Å². The Morgan fingerprint density at radius 3 is 2.40 bits per heavy atom. The van der Waals surface area contributed by atoms with Crippen molar-refractivity contribution in [3.63, 3.8) is 0 Å². The van der Waals surface area contributed by atoms with Crippen LogP contribution in [0.1, 0.15) is 28.4 Å². The number of hydrazone groups is 1. The second-order valence-corrected chi connectivity index (χ2v) is 8.82. The van der Waals surface area contributed by atoms with Gasteiger partial charge in [0.25, 0.3) is 5.91 Å². The second kappa shape index (κ2) is 11.0. The van der Waals surface area contributed by atoms with E-state index in [2.05, 4.69) is 26.5 Å². The zero-order valence-electron chi connectivity index (χ0n) is 19.2. The van der Waals surface area contributed by atoms with E-state index in [-0.39, 0.29) is 0 Å². The summed E-state index contributed by atoms with van der Waals surface area (Å²) < 4.78 is 12.3. The minimum absolute atomic E-state index is 0.339. The van der Waals surface area contributed by atoms with Crippen molar-refractivity contribution >= 4 is 44.8 Å². The van der Waals surface area contributed by atoms with Crippen LogP contribution in [0.15, 0.2) is 94.5 Å². The third-order valence-corrected chi connectivity index (χ3v) is 5.81. The zero-order chi connectivity index (χ0) is 24.8. The summed E-state index contributed by atoms with van der Waals surface area (Å²) >= 11 is 3.37. The molecule has 0 aliphatic carbocycles. The van der Waals surface area contributed by atoms with Gasteiger partial charge in [0.15, 0.2) is 6.10 Å². The molecule has 0 spiro atoms. The van der Waals surface area contributed by atoms with Crippen LogP contribution in [0.4, 0.5) is 0 Å². The average Bonchev–Trinajstić information content (AvgIpc) is 2.86. The molecule has 6 nitrogen and oxygen atoms in total. The van der Waals surface area contributed by atoms with E-state index in [4.69, 9.17) is 9.47 Å². The van der Waals surface area contributed by atoms with Gasteiger partial charge in [-0.2, -0.15) is 5.10 Å². The predicted molar refractivity (Wildman–Crippen MR) is 140 cm³/mol. The van der Waals surface area contributed by atoms with Crippen molar-refractivity contribution in [2.45, 2.75) is 20.0 Å². The van der Waals surface area contributed by atoms with Gasteiger partial charge >= 0.3 is 5.97 Å². The molecule has 176 valence electrons. The number of fused-ring (bicyclic) bond motifs is 1. The number of nitrogens with one attached hydrogen (secondary N) is 1. The molecular formula is C28H23BrN2O4. The maximum atomic E-state index is 12.7. The van der Waals surface area contributed by atoms with Gasteiger partial charge in [-0.05, 0) is 67.1 Å². The molecule has 1 unspecified atom stereocenters. The molecule has 0 bridgehead atoms. The lowest BCUT2D eigenvalue weighted by Gasteiger charge is -2.13. The van der Waals surface area contributed by atoms with Crippen molar-refractivity contribution in [2.75, 3.05) is 0 Å². The van der Waals surface area contributed by atoms with Crippen LogP contribution in [0.2, 0.25) is 0 Å². The maximum absolute atomic E-state index is 12.7. The van der Waals surface area contributed by atoms with Gasteiger partial charge in [0.05, 0.1) is 11.8 Å². The maximum Gasteiger partial charge on any atom is 0.343 e. The molecule has 0 aliphatic rings. The number of halogens is 1. The number of hydrogen-bond acceptors (Lipinski definition) is 5. The summed E-state index contributed by atoms with van der Waals surface area (Å²) in [6.07, 6.45) is 0.712. The number of carbonyl (C=O) groups excluding carboxylic acids is 2. The minimum atomic E-state index is -0.764. The van der Waals surface area contributed by atoms with E-state index >= 15 is 0 Å². The monoisotopic (exact) mass is 530 g/mol. The standard InChI is InChI=1S/C28H23BrN2O4/c1-18-7-9-21(10-8-18)28(33)35-26-16-11-20-5-3-4-6-24(20)25(26)17-30-31-27(32)19(2)34-23-14-12-22(29)13-15-23/h3-17,19H,1-2H3,(H,31,32).